The Hall–Kier alpha value is -3.99. The Morgan fingerprint density at radius 2 is 2.07 bits per heavy atom. The second-order valence-electron chi connectivity index (χ2n) is 11.3. The molecule has 3 N–H and O–H groups in total. The maximum absolute atomic E-state index is 12.7. The van der Waals surface area contributed by atoms with Crippen LogP contribution in [0, 0.1) is 24.2 Å². The van der Waals surface area contributed by atoms with E-state index in [2.05, 4.69) is 25.7 Å². The van der Waals surface area contributed by atoms with Gasteiger partial charge in [-0.25, -0.2) is 14.8 Å². The summed E-state index contributed by atoms with van der Waals surface area (Å²) in [6.07, 6.45) is 5.15. The average Bonchev–Trinajstić information content (AvgIpc) is 3.43. The van der Waals surface area contributed by atoms with Crippen LogP contribution in [0.1, 0.15) is 55.3 Å². The van der Waals surface area contributed by atoms with Crippen LogP contribution in [0.25, 0.3) is 0 Å². The number of hydrogen-bond donors (Lipinski definition) is 3. The largest absolute Gasteiger partial charge is 0.445 e. The van der Waals surface area contributed by atoms with Crippen LogP contribution in [0.3, 0.4) is 0 Å². The van der Waals surface area contributed by atoms with Crippen LogP contribution in [0.4, 0.5) is 16.4 Å². The molecule has 0 bridgehead atoms. The molecule has 2 saturated heterocycles. The first-order valence-electron chi connectivity index (χ1n) is 14.4. The molecule has 4 heterocycles. The molecule has 1 aromatic carbocycles. The van der Waals surface area contributed by atoms with Gasteiger partial charge in [-0.15, -0.1) is 0 Å². The number of benzene rings is 1. The lowest BCUT2D eigenvalue weighted by atomic mass is 9.96. The van der Waals surface area contributed by atoms with Crippen LogP contribution >= 0.6 is 0 Å². The van der Waals surface area contributed by atoms with Crippen molar-refractivity contribution in [1.82, 2.24) is 20.4 Å². The topological polar surface area (TPSA) is 138 Å². The van der Waals surface area contributed by atoms with Gasteiger partial charge in [-0.1, -0.05) is 35.5 Å². The van der Waals surface area contributed by atoms with Gasteiger partial charge >= 0.3 is 6.09 Å². The van der Waals surface area contributed by atoms with Crippen molar-refractivity contribution in [2.24, 2.45) is 11.8 Å². The number of fused-ring (bicyclic) bond motifs is 1. The molecule has 216 valence electrons. The molecule has 11 heteroatoms. The normalized spacial score (nSPS) is 25.2. The van der Waals surface area contributed by atoms with Crippen LogP contribution < -0.4 is 15.5 Å². The molecule has 11 nitrogen and oxygen atoms in total. The zero-order chi connectivity index (χ0) is 28.4. The van der Waals surface area contributed by atoms with E-state index in [9.17, 15) is 4.79 Å². The number of rotatable bonds is 9. The van der Waals surface area contributed by atoms with Crippen LogP contribution in [-0.4, -0.2) is 59.4 Å². The average molecular weight is 560 g/mol. The van der Waals surface area contributed by atoms with Gasteiger partial charge in [0.05, 0.1) is 17.6 Å². The number of nitrogens with zero attached hydrogens (tertiary/aromatic N) is 4. The first-order valence-corrected chi connectivity index (χ1v) is 14.4. The molecule has 4 unspecified atom stereocenters. The summed E-state index contributed by atoms with van der Waals surface area (Å²) < 4.78 is 16.8. The molecule has 3 fully saturated rings. The Balaban J connectivity index is 1.17. The zero-order valence-electron chi connectivity index (χ0n) is 23.6. The molecule has 1 aliphatic carbocycles. The van der Waals surface area contributed by atoms with Crippen molar-refractivity contribution in [3.63, 3.8) is 0 Å². The van der Waals surface area contributed by atoms with E-state index in [0.717, 1.165) is 68.2 Å². The van der Waals surface area contributed by atoms with E-state index in [1.54, 1.807) is 13.1 Å². The lowest BCUT2D eigenvalue weighted by Gasteiger charge is -2.29. The van der Waals surface area contributed by atoms with Gasteiger partial charge in [0.1, 0.15) is 30.1 Å². The maximum atomic E-state index is 12.7. The Morgan fingerprint density at radius 1 is 1.22 bits per heavy atom. The van der Waals surface area contributed by atoms with Crippen LogP contribution in [0.5, 0.6) is 0 Å². The summed E-state index contributed by atoms with van der Waals surface area (Å²) >= 11 is 0. The van der Waals surface area contributed by atoms with Crippen molar-refractivity contribution in [1.29, 1.82) is 5.41 Å². The number of aromatic nitrogens is 3. The summed E-state index contributed by atoms with van der Waals surface area (Å²) in [4.78, 5) is 24.4. The Morgan fingerprint density at radius 3 is 2.80 bits per heavy atom. The van der Waals surface area contributed by atoms with Gasteiger partial charge in [-0.2, -0.15) is 0 Å². The standard InChI is InChI=1S/C30H37N7O4/c1-19-14-24(36-41-19)30(18-33-29(38)40-17-21-8-4-3-5-9-21)22-11-12-37(16-23(22)30)25-15-32-27(20(2)31)28(34-25)35-26-10-6-7-13-39-26/h3-5,8-9,14-15,22-23,26,31H,6-7,10-13,16-18H2,1-2H3,(H,33,38)(H,34,35). The quantitative estimate of drug-likeness (QED) is 0.325. The third kappa shape index (κ3) is 5.63. The van der Waals surface area contributed by atoms with E-state index < -0.39 is 6.09 Å². The molecular formula is C30H37N7O4. The van der Waals surface area contributed by atoms with Crippen molar-refractivity contribution < 1.29 is 18.8 Å². The third-order valence-electron chi connectivity index (χ3n) is 8.59. The summed E-state index contributed by atoms with van der Waals surface area (Å²) in [7, 11) is 0. The predicted octanol–water partition coefficient (Wildman–Crippen LogP) is 4.42. The molecule has 2 aliphatic heterocycles. The molecule has 1 amide bonds. The molecule has 0 radical (unpaired) electrons. The highest BCUT2D eigenvalue weighted by molar-refractivity contribution is 5.98. The van der Waals surface area contributed by atoms with Crippen molar-refractivity contribution in [2.75, 3.05) is 36.5 Å². The first-order chi connectivity index (χ1) is 19.9. The van der Waals surface area contributed by atoms with Gasteiger partial charge in [0.25, 0.3) is 0 Å². The van der Waals surface area contributed by atoms with E-state index in [0.29, 0.717) is 29.7 Å². The molecule has 1 saturated carbocycles. The number of alkyl carbamates (subject to hydrolysis) is 1. The molecule has 3 aliphatic rings. The van der Waals surface area contributed by atoms with Crippen molar-refractivity contribution in [3.8, 4) is 0 Å². The SMILES string of the molecule is CC(=N)c1ncc(N2CCC3C(C2)C3(CNC(=O)OCc2ccccc2)c2cc(C)on2)nc1NC1CCCCO1. The van der Waals surface area contributed by atoms with E-state index in [4.69, 9.17) is 24.4 Å². The smallest absolute Gasteiger partial charge is 0.407 e. The Bertz CT molecular complexity index is 1390. The highest BCUT2D eigenvalue weighted by atomic mass is 16.5. The minimum Gasteiger partial charge on any atom is -0.445 e. The predicted molar refractivity (Wildman–Crippen MR) is 153 cm³/mol. The first kappa shape index (κ1) is 27.2. The fraction of sp³-hybridized carbons (Fsp3) is 0.500. The molecule has 2 aromatic heterocycles. The third-order valence-corrected chi connectivity index (χ3v) is 8.59. The molecule has 3 aromatic rings. The number of anilines is 2. The number of amides is 1. The van der Waals surface area contributed by atoms with Gasteiger partial charge in [-0.05, 0) is 56.9 Å². The van der Waals surface area contributed by atoms with Crippen LogP contribution in [-0.2, 0) is 21.5 Å². The zero-order valence-corrected chi connectivity index (χ0v) is 23.6. The van der Waals surface area contributed by atoms with Gasteiger partial charge in [0.2, 0.25) is 0 Å². The van der Waals surface area contributed by atoms with Crippen molar-refractivity contribution >= 4 is 23.4 Å². The number of nitrogens with one attached hydrogen (secondary N) is 3. The van der Waals surface area contributed by atoms with Gasteiger partial charge in [0.15, 0.2) is 5.82 Å². The number of ether oxygens (including phenoxy) is 2. The summed E-state index contributed by atoms with van der Waals surface area (Å²) in [5.41, 5.74) is 2.36. The van der Waals surface area contributed by atoms with E-state index in [1.807, 2.05) is 43.3 Å². The van der Waals surface area contributed by atoms with E-state index in [-0.39, 0.29) is 24.2 Å². The van der Waals surface area contributed by atoms with E-state index in [1.165, 1.54) is 0 Å². The summed E-state index contributed by atoms with van der Waals surface area (Å²) in [6, 6.07) is 11.6. The minimum atomic E-state index is -0.446. The van der Waals surface area contributed by atoms with Gasteiger partial charge in [-0.3, -0.25) is 0 Å². The Kier molecular flexibility index (Phi) is 7.61. The number of carbonyl (C=O) groups is 1. The molecule has 6 rings (SSSR count). The molecular weight excluding hydrogens is 522 g/mol. The highest BCUT2D eigenvalue weighted by Crippen LogP contribution is 2.63. The van der Waals surface area contributed by atoms with Gasteiger partial charge < -0.3 is 34.9 Å². The van der Waals surface area contributed by atoms with Crippen LogP contribution in [0.15, 0.2) is 47.1 Å². The molecule has 41 heavy (non-hydrogen) atoms. The number of piperidine rings is 1. The second-order valence-corrected chi connectivity index (χ2v) is 11.3. The van der Waals surface area contributed by atoms with Gasteiger partial charge in [0, 0.05) is 37.7 Å². The monoisotopic (exact) mass is 559 g/mol. The van der Waals surface area contributed by atoms with Crippen molar-refractivity contribution in [3.05, 3.63) is 65.3 Å². The summed E-state index contributed by atoms with van der Waals surface area (Å²) in [5, 5.41) is 19.0. The fourth-order valence-corrected chi connectivity index (χ4v) is 6.41. The Labute approximate surface area is 239 Å². The van der Waals surface area contributed by atoms with Crippen molar-refractivity contribution in [2.45, 2.75) is 57.8 Å². The number of aryl methyl sites for hydroxylation is 1. The second kappa shape index (κ2) is 11.5. The summed E-state index contributed by atoms with van der Waals surface area (Å²) in [6.45, 7) is 6.50. The van der Waals surface area contributed by atoms with Crippen LogP contribution in [0.2, 0.25) is 0 Å². The lowest BCUT2D eigenvalue weighted by molar-refractivity contribution is 0.0341. The minimum absolute atomic E-state index is 0.128. The molecule has 0 spiro atoms. The number of hydrogen-bond acceptors (Lipinski definition) is 10. The maximum Gasteiger partial charge on any atom is 0.407 e. The lowest BCUT2D eigenvalue weighted by Crippen LogP contribution is -2.36. The highest BCUT2D eigenvalue weighted by Gasteiger charge is 2.68. The molecule has 4 atom stereocenters. The summed E-state index contributed by atoms with van der Waals surface area (Å²) in [5.74, 6) is 2.69. The van der Waals surface area contributed by atoms with E-state index >= 15 is 0 Å². The fourth-order valence-electron chi connectivity index (χ4n) is 6.41. The number of carbonyl (C=O) groups excluding carboxylic acids is 1.